The molecule has 0 aliphatic heterocycles. The number of aryl methyl sites for hydroxylation is 1. The van der Waals surface area contributed by atoms with Gasteiger partial charge < -0.3 is 10.6 Å². The minimum atomic E-state index is -4.39. The van der Waals surface area contributed by atoms with Crippen molar-refractivity contribution in [2.45, 2.75) is 13.1 Å². The third-order valence-electron chi connectivity index (χ3n) is 3.40. The molecule has 130 valence electrons. The van der Waals surface area contributed by atoms with Gasteiger partial charge in [0.1, 0.15) is 0 Å². The van der Waals surface area contributed by atoms with Gasteiger partial charge in [-0.2, -0.15) is 13.2 Å². The molecule has 0 unspecified atom stereocenters. The fourth-order valence-electron chi connectivity index (χ4n) is 2.14. The van der Waals surface area contributed by atoms with Crippen molar-refractivity contribution in [1.29, 1.82) is 0 Å². The summed E-state index contributed by atoms with van der Waals surface area (Å²) in [6, 6.07) is 10.6. The van der Waals surface area contributed by atoms with E-state index in [0.29, 0.717) is 0 Å². The summed E-state index contributed by atoms with van der Waals surface area (Å²) in [5, 5.41) is 5.95. The maximum absolute atomic E-state index is 12.7. The lowest BCUT2D eigenvalue weighted by atomic mass is 10.1. The molecule has 0 aromatic heterocycles. The zero-order valence-corrected chi connectivity index (χ0v) is 14.3. The van der Waals surface area contributed by atoms with Gasteiger partial charge in [0.25, 0.3) is 0 Å². The normalized spacial score (nSPS) is 11.4. The molecule has 2 rings (SSSR count). The third kappa shape index (κ3) is 5.46. The molecule has 6 heteroatoms. The second-order valence-corrected chi connectivity index (χ2v) is 5.73. The molecule has 2 N–H and O–H groups in total. The number of hydrogen-bond donors (Lipinski definition) is 2. The lowest BCUT2D eigenvalue weighted by Crippen LogP contribution is -2.19. The highest BCUT2D eigenvalue weighted by Gasteiger charge is 2.30. The Morgan fingerprint density at radius 1 is 1.08 bits per heavy atom. The standard InChI is InChI=1S/C19H17F3N2S/c1-3-4-6-14-11-17(10-9-13(14)2)24-18(25)23-16-8-5-7-15(12-16)19(20,21)22/h3-12H,1H2,2H3,(H2,23,24,25)/b6-4-. The summed E-state index contributed by atoms with van der Waals surface area (Å²) in [5.41, 5.74) is 2.35. The summed E-state index contributed by atoms with van der Waals surface area (Å²) in [7, 11) is 0. The largest absolute Gasteiger partial charge is 0.416 e. The Bertz CT molecular complexity index is 811. The van der Waals surface area contributed by atoms with Crippen LogP contribution in [0.4, 0.5) is 24.5 Å². The van der Waals surface area contributed by atoms with Crippen LogP contribution in [0.2, 0.25) is 0 Å². The Hall–Kier alpha value is -2.60. The Morgan fingerprint density at radius 2 is 1.76 bits per heavy atom. The van der Waals surface area contributed by atoms with E-state index in [1.165, 1.54) is 12.1 Å². The van der Waals surface area contributed by atoms with E-state index in [1.807, 2.05) is 37.3 Å². The molecule has 0 saturated heterocycles. The van der Waals surface area contributed by atoms with Gasteiger partial charge in [0.05, 0.1) is 5.56 Å². The van der Waals surface area contributed by atoms with Gasteiger partial charge in [-0.25, -0.2) is 0 Å². The molecule has 0 aliphatic carbocycles. The summed E-state index contributed by atoms with van der Waals surface area (Å²) >= 11 is 5.18. The smallest absolute Gasteiger partial charge is 0.332 e. The van der Waals surface area contributed by atoms with Crippen molar-refractivity contribution in [2.75, 3.05) is 10.6 Å². The van der Waals surface area contributed by atoms with Gasteiger partial charge in [0, 0.05) is 11.4 Å². The highest BCUT2D eigenvalue weighted by Crippen LogP contribution is 2.30. The zero-order chi connectivity index (χ0) is 18.4. The minimum absolute atomic E-state index is 0.210. The van der Waals surface area contributed by atoms with Crippen LogP contribution in [0.15, 0.2) is 61.2 Å². The number of halogens is 3. The third-order valence-corrected chi connectivity index (χ3v) is 3.60. The van der Waals surface area contributed by atoms with E-state index in [9.17, 15) is 13.2 Å². The number of nitrogens with one attached hydrogen (secondary N) is 2. The molecule has 0 spiro atoms. The van der Waals surface area contributed by atoms with E-state index in [0.717, 1.165) is 28.9 Å². The highest BCUT2D eigenvalue weighted by atomic mass is 32.1. The Balaban J connectivity index is 2.10. The van der Waals surface area contributed by atoms with E-state index < -0.39 is 11.7 Å². The maximum atomic E-state index is 12.7. The monoisotopic (exact) mass is 362 g/mol. The van der Waals surface area contributed by atoms with Crippen LogP contribution in [0.25, 0.3) is 6.08 Å². The zero-order valence-electron chi connectivity index (χ0n) is 13.5. The molecule has 0 fully saturated rings. The molecule has 2 aromatic carbocycles. The molecular weight excluding hydrogens is 345 g/mol. The second kappa shape index (κ2) is 7.98. The van der Waals surface area contributed by atoms with Crippen molar-refractivity contribution in [1.82, 2.24) is 0 Å². The summed E-state index contributed by atoms with van der Waals surface area (Å²) < 4.78 is 38.2. The number of anilines is 2. The minimum Gasteiger partial charge on any atom is -0.332 e. The number of benzene rings is 2. The second-order valence-electron chi connectivity index (χ2n) is 5.32. The number of allylic oxidation sites excluding steroid dienone is 2. The van der Waals surface area contributed by atoms with Gasteiger partial charge in [0.2, 0.25) is 0 Å². The molecule has 0 radical (unpaired) electrons. The van der Waals surface area contributed by atoms with Crippen molar-refractivity contribution < 1.29 is 13.2 Å². The molecule has 2 aromatic rings. The SMILES string of the molecule is C=C/C=C\c1cc(NC(=S)Nc2cccc(C(F)(F)F)c2)ccc1C. The van der Waals surface area contributed by atoms with Crippen LogP contribution in [0.1, 0.15) is 16.7 Å². The number of rotatable bonds is 4. The van der Waals surface area contributed by atoms with Crippen LogP contribution >= 0.6 is 12.2 Å². The molecule has 0 heterocycles. The molecule has 0 atom stereocenters. The van der Waals surface area contributed by atoms with Crippen LogP contribution in [0, 0.1) is 6.92 Å². The van der Waals surface area contributed by atoms with E-state index in [4.69, 9.17) is 12.2 Å². The summed E-state index contributed by atoms with van der Waals surface area (Å²) in [5.74, 6) is 0. The maximum Gasteiger partial charge on any atom is 0.416 e. The van der Waals surface area contributed by atoms with Crippen LogP contribution in [0.5, 0.6) is 0 Å². The van der Waals surface area contributed by atoms with E-state index in [2.05, 4.69) is 17.2 Å². The number of hydrogen-bond acceptors (Lipinski definition) is 1. The molecule has 25 heavy (non-hydrogen) atoms. The summed E-state index contributed by atoms with van der Waals surface area (Å²) in [6.45, 7) is 5.61. The van der Waals surface area contributed by atoms with Crippen molar-refractivity contribution in [3.8, 4) is 0 Å². The molecular formula is C19H17F3N2S. The Kier molecular flexibility index (Phi) is 5.98. The summed E-state index contributed by atoms with van der Waals surface area (Å²) in [6.07, 6.45) is 1.03. The van der Waals surface area contributed by atoms with E-state index in [1.54, 1.807) is 6.08 Å². The van der Waals surface area contributed by atoms with Gasteiger partial charge in [-0.05, 0) is 60.6 Å². The van der Waals surface area contributed by atoms with Crippen molar-refractivity contribution in [3.05, 3.63) is 77.9 Å². The van der Waals surface area contributed by atoms with Gasteiger partial charge >= 0.3 is 6.18 Å². The van der Waals surface area contributed by atoms with Crippen LogP contribution in [0.3, 0.4) is 0 Å². The Labute approximate surface area is 150 Å². The highest BCUT2D eigenvalue weighted by molar-refractivity contribution is 7.80. The fraction of sp³-hybridized carbons (Fsp3) is 0.105. The van der Waals surface area contributed by atoms with Crippen LogP contribution in [-0.2, 0) is 6.18 Å². The number of thiocarbonyl (C=S) groups is 1. The van der Waals surface area contributed by atoms with Crippen molar-refractivity contribution in [3.63, 3.8) is 0 Å². The molecule has 0 bridgehead atoms. The quantitative estimate of drug-likeness (QED) is 0.513. The van der Waals surface area contributed by atoms with Gasteiger partial charge in [-0.1, -0.05) is 36.9 Å². The molecule has 0 saturated carbocycles. The lowest BCUT2D eigenvalue weighted by Gasteiger charge is -2.13. The lowest BCUT2D eigenvalue weighted by molar-refractivity contribution is -0.137. The first-order chi connectivity index (χ1) is 11.8. The average Bonchev–Trinajstić information content (AvgIpc) is 2.54. The van der Waals surface area contributed by atoms with E-state index >= 15 is 0 Å². The topological polar surface area (TPSA) is 24.1 Å². The molecule has 0 amide bonds. The van der Waals surface area contributed by atoms with Crippen LogP contribution < -0.4 is 10.6 Å². The Morgan fingerprint density at radius 3 is 2.40 bits per heavy atom. The summed E-state index contributed by atoms with van der Waals surface area (Å²) in [4.78, 5) is 0. The van der Waals surface area contributed by atoms with Gasteiger partial charge in [-0.15, -0.1) is 0 Å². The fourth-order valence-corrected chi connectivity index (χ4v) is 2.37. The molecule has 2 nitrogen and oxygen atoms in total. The van der Waals surface area contributed by atoms with Crippen molar-refractivity contribution >= 4 is 34.8 Å². The van der Waals surface area contributed by atoms with Gasteiger partial charge in [0.15, 0.2) is 5.11 Å². The predicted octanol–water partition coefficient (Wildman–Crippen LogP) is 6.02. The van der Waals surface area contributed by atoms with E-state index in [-0.39, 0.29) is 10.8 Å². The van der Waals surface area contributed by atoms with Crippen LogP contribution in [-0.4, -0.2) is 5.11 Å². The first kappa shape index (κ1) is 18.7. The average molecular weight is 362 g/mol. The predicted molar refractivity (Wildman–Crippen MR) is 102 cm³/mol. The number of alkyl halides is 3. The van der Waals surface area contributed by atoms with Crippen molar-refractivity contribution in [2.24, 2.45) is 0 Å². The first-order valence-corrected chi connectivity index (χ1v) is 7.85. The van der Waals surface area contributed by atoms with Gasteiger partial charge in [-0.3, -0.25) is 0 Å². The molecule has 0 aliphatic rings. The first-order valence-electron chi connectivity index (χ1n) is 7.44.